The van der Waals surface area contributed by atoms with Crippen LogP contribution in [-0.4, -0.2) is 46.2 Å². The van der Waals surface area contributed by atoms with Gasteiger partial charge in [0.2, 0.25) is 11.7 Å². The second kappa shape index (κ2) is 10.8. The lowest BCUT2D eigenvalue weighted by molar-refractivity contribution is -0.117. The average molecular weight is 527 g/mol. The number of ether oxygens (including phenoxy) is 2. The molecule has 2 aromatic heterocycles. The average Bonchev–Trinajstić information content (AvgIpc) is 3.41. The number of methoxy groups -OCH3 is 2. The third-order valence-electron chi connectivity index (χ3n) is 5.72. The van der Waals surface area contributed by atoms with Crippen molar-refractivity contribution in [3.8, 4) is 22.9 Å². The first kappa shape index (κ1) is 25.1. The molecule has 0 bridgehead atoms. The monoisotopic (exact) mass is 526 g/mol. The first-order chi connectivity index (χ1) is 18.9. The second-order valence-electron chi connectivity index (χ2n) is 8.25. The number of tetrazole rings is 1. The quantitative estimate of drug-likeness (QED) is 0.290. The number of nitrogens with zero attached hydrogens (tertiary/aromatic N) is 4. The van der Waals surface area contributed by atoms with Crippen LogP contribution in [-0.2, 0) is 11.3 Å². The number of hydrogen-bond acceptors (Lipinski definition) is 9. The Morgan fingerprint density at radius 2 is 1.74 bits per heavy atom. The topological polar surface area (TPSA) is 150 Å². The Morgan fingerprint density at radius 1 is 0.949 bits per heavy atom. The Balaban J connectivity index is 1.33. The predicted molar refractivity (Wildman–Crippen MR) is 142 cm³/mol. The highest BCUT2D eigenvalue weighted by molar-refractivity contribution is 6.07. The van der Waals surface area contributed by atoms with Crippen LogP contribution in [0.25, 0.3) is 22.4 Å². The van der Waals surface area contributed by atoms with Gasteiger partial charge >= 0.3 is 5.63 Å². The molecule has 0 saturated heterocycles. The van der Waals surface area contributed by atoms with E-state index in [0.29, 0.717) is 33.8 Å². The first-order valence-electron chi connectivity index (χ1n) is 11.7. The number of anilines is 2. The van der Waals surface area contributed by atoms with E-state index in [1.165, 1.54) is 13.2 Å². The van der Waals surface area contributed by atoms with Crippen molar-refractivity contribution < 1.29 is 23.5 Å². The molecule has 3 aromatic carbocycles. The maximum absolute atomic E-state index is 13.1. The molecule has 0 aliphatic heterocycles. The van der Waals surface area contributed by atoms with Crippen molar-refractivity contribution in [1.29, 1.82) is 0 Å². The van der Waals surface area contributed by atoms with Crippen LogP contribution in [0.15, 0.2) is 82.0 Å². The van der Waals surface area contributed by atoms with Crippen LogP contribution in [0, 0.1) is 0 Å². The zero-order valence-electron chi connectivity index (χ0n) is 20.9. The van der Waals surface area contributed by atoms with E-state index in [2.05, 4.69) is 26.0 Å². The summed E-state index contributed by atoms with van der Waals surface area (Å²) in [5.41, 5.74) is 0.630. The zero-order chi connectivity index (χ0) is 27.4. The molecule has 0 radical (unpaired) electrons. The summed E-state index contributed by atoms with van der Waals surface area (Å²) >= 11 is 0. The minimum atomic E-state index is -0.811. The van der Waals surface area contributed by atoms with Crippen molar-refractivity contribution in [1.82, 2.24) is 20.2 Å². The van der Waals surface area contributed by atoms with Crippen molar-refractivity contribution in [2.45, 2.75) is 6.54 Å². The van der Waals surface area contributed by atoms with Gasteiger partial charge in [-0.1, -0.05) is 24.3 Å². The summed E-state index contributed by atoms with van der Waals surface area (Å²) in [5.74, 6) is 0.202. The molecule has 0 saturated carbocycles. The van der Waals surface area contributed by atoms with Crippen molar-refractivity contribution in [2.24, 2.45) is 0 Å². The number of benzene rings is 3. The van der Waals surface area contributed by atoms with Gasteiger partial charge in [-0.2, -0.15) is 4.80 Å². The van der Waals surface area contributed by atoms with Crippen LogP contribution < -0.4 is 25.7 Å². The number of aromatic nitrogens is 4. The van der Waals surface area contributed by atoms with Gasteiger partial charge in [0.05, 0.1) is 19.9 Å². The highest BCUT2D eigenvalue weighted by Gasteiger charge is 2.19. The van der Waals surface area contributed by atoms with Crippen LogP contribution in [0.5, 0.6) is 11.5 Å². The minimum absolute atomic E-state index is 0.179. The van der Waals surface area contributed by atoms with E-state index in [1.807, 2.05) is 0 Å². The largest absolute Gasteiger partial charge is 0.497 e. The number of rotatable bonds is 8. The molecule has 2 heterocycles. The molecule has 196 valence electrons. The standard InChI is InChI=1S/C27H22N6O6/c1-37-18-12-10-17(11-13-18)28-23(34)15-33-31-25(30-32-33)19-7-3-4-8-21(19)29-26(35)20-14-16-6-5-9-22(38-2)24(16)39-27(20)36/h3-14H,15H2,1-2H3,(H,28,34)(H,29,35). The number of carbonyl (C=O) groups is 2. The number of para-hydroxylation sites is 2. The summed E-state index contributed by atoms with van der Waals surface area (Å²) in [7, 11) is 3.02. The third kappa shape index (κ3) is 5.44. The number of hydrogen-bond donors (Lipinski definition) is 2. The van der Waals surface area contributed by atoms with Gasteiger partial charge in [-0.3, -0.25) is 9.59 Å². The van der Waals surface area contributed by atoms with Crippen molar-refractivity contribution in [3.63, 3.8) is 0 Å². The molecule has 0 fully saturated rings. The van der Waals surface area contributed by atoms with Gasteiger partial charge < -0.3 is 24.5 Å². The molecular weight excluding hydrogens is 504 g/mol. The third-order valence-corrected chi connectivity index (χ3v) is 5.72. The Labute approximate surface area is 221 Å². The van der Waals surface area contributed by atoms with E-state index in [9.17, 15) is 14.4 Å². The van der Waals surface area contributed by atoms with E-state index in [1.54, 1.807) is 73.8 Å². The lowest BCUT2D eigenvalue weighted by Crippen LogP contribution is -2.21. The van der Waals surface area contributed by atoms with Crippen LogP contribution in [0.4, 0.5) is 11.4 Å². The van der Waals surface area contributed by atoms with E-state index >= 15 is 0 Å². The lowest BCUT2D eigenvalue weighted by atomic mass is 10.1. The number of fused-ring (bicyclic) bond motifs is 1. The van der Waals surface area contributed by atoms with E-state index < -0.39 is 11.5 Å². The van der Waals surface area contributed by atoms with Crippen LogP contribution >= 0.6 is 0 Å². The summed E-state index contributed by atoms with van der Waals surface area (Å²) < 4.78 is 15.7. The SMILES string of the molecule is COc1ccc(NC(=O)Cn2nnc(-c3ccccc3NC(=O)c3cc4cccc(OC)c4oc3=O)n2)cc1. The smallest absolute Gasteiger partial charge is 0.349 e. The lowest BCUT2D eigenvalue weighted by Gasteiger charge is -2.09. The number of amides is 2. The number of nitrogens with one attached hydrogen (secondary N) is 2. The summed E-state index contributed by atoms with van der Waals surface area (Å²) in [6, 6.07) is 20.2. The van der Waals surface area contributed by atoms with Crippen molar-refractivity contribution >= 4 is 34.2 Å². The zero-order valence-corrected chi connectivity index (χ0v) is 20.9. The fourth-order valence-corrected chi connectivity index (χ4v) is 3.83. The van der Waals surface area contributed by atoms with Crippen LogP contribution in [0.2, 0.25) is 0 Å². The maximum atomic E-state index is 13.1. The maximum Gasteiger partial charge on any atom is 0.349 e. The Bertz CT molecular complexity index is 1730. The molecule has 0 aliphatic carbocycles. The summed E-state index contributed by atoms with van der Waals surface area (Å²) in [6.45, 7) is -0.185. The fourth-order valence-electron chi connectivity index (χ4n) is 3.83. The first-order valence-corrected chi connectivity index (χ1v) is 11.7. The van der Waals surface area contributed by atoms with E-state index in [-0.39, 0.29) is 29.4 Å². The van der Waals surface area contributed by atoms with E-state index in [0.717, 1.165) is 4.80 Å². The molecule has 0 unspecified atom stereocenters. The summed E-state index contributed by atoms with van der Waals surface area (Å²) in [4.78, 5) is 39.2. The van der Waals surface area contributed by atoms with Gasteiger partial charge in [-0.15, -0.1) is 10.2 Å². The van der Waals surface area contributed by atoms with Crippen molar-refractivity contribution in [2.75, 3.05) is 24.9 Å². The molecule has 2 N–H and O–H groups in total. The molecule has 12 heteroatoms. The van der Waals surface area contributed by atoms with Gasteiger partial charge in [0, 0.05) is 16.6 Å². The molecule has 0 atom stereocenters. The normalized spacial score (nSPS) is 10.7. The molecule has 12 nitrogen and oxygen atoms in total. The minimum Gasteiger partial charge on any atom is -0.497 e. The van der Waals surface area contributed by atoms with Gasteiger partial charge in [0.1, 0.15) is 17.9 Å². The fraction of sp³-hybridized carbons (Fsp3) is 0.111. The van der Waals surface area contributed by atoms with Gasteiger partial charge in [-0.25, -0.2) is 4.79 Å². The highest BCUT2D eigenvalue weighted by Crippen LogP contribution is 2.27. The molecule has 5 aromatic rings. The van der Waals surface area contributed by atoms with Gasteiger partial charge in [0.15, 0.2) is 11.3 Å². The summed E-state index contributed by atoms with van der Waals surface area (Å²) in [5, 5.41) is 18.2. The van der Waals surface area contributed by atoms with Crippen LogP contribution in [0.1, 0.15) is 10.4 Å². The highest BCUT2D eigenvalue weighted by atomic mass is 16.5. The number of carbonyl (C=O) groups excluding carboxylic acids is 2. The molecule has 2 amide bonds. The molecule has 0 aliphatic rings. The van der Waals surface area contributed by atoms with E-state index in [4.69, 9.17) is 13.9 Å². The van der Waals surface area contributed by atoms with Gasteiger partial charge in [-0.05, 0) is 53.7 Å². The molecule has 0 spiro atoms. The van der Waals surface area contributed by atoms with Crippen molar-refractivity contribution in [3.05, 3.63) is 88.8 Å². The molecule has 5 rings (SSSR count). The Kier molecular flexibility index (Phi) is 6.99. The summed E-state index contributed by atoms with van der Waals surface area (Å²) in [6.07, 6.45) is 0. The Hall–Kier alpha value is -5.52. The predicted octanol–water partition coefficient (Wildman–Crippen LogP) is 3.35. The molecular formula is C27H22N6O6. The second-order valence-corrected chi connectivity index (χ2v) is 8.25. The van der Waals surface area contributed by atoms with Crippen LogP contribution in [0.3, 0.4) is 0 Å². The molecule has 39 heavy (non-hydrogen) atoms. The Morgan fingerprint density at radius 3 is 2.51 bits per heavy atom. The van der Waals surface area contributed by atoms with Gasteiger partial charge in [0.25, 0.3) is 5.91 Å².